The molecule has 1 aliphatic heterocycles. The van der Waals surface area contributed by atoms with Gasteiger partial charge < -0.3 is 15.1 Å². The van der Waals surface area contributed by atoms with Crippen molar-refractivity contribution in [2.75, 3.05) is 31.7 Å². The molecule has 6 heteroatoms. The van der Waals surface area contributed by atoms with Crippen LogP contribution in [0.25, 0.3) is 10.8 Å². The molecule has 2 aromatic rings. The van der Waals surface area contributed by atoms with E-state index in [0.29, 0.717) is 37.8 Å². The van der Waals surface area contributed by atoms with Gasteiger partial charge >= 0.3 is 0 Å². The highest BCUT2D eigenvalue weighted by molar-refractivity contribution is 6.00. The first kappa shape index (κ1) is 12.8. The van der Waals surface area contributed by atoms with Crippen LogP contribution in [0.4, 0.5) is 5.82 Å². The minimum Gasteiger partial charge on any atom is -0.378 e. The molecule has 0 aliphatic carbocycles. The first-order valence-electron chi connectivity index (χ1n) is 6.53. The fourth-order valence-corrected chi connectivity index (χ4v) is 2.35. The molecule has 0 saturated carbocycles. The standard InChI is InChI=1S/C14H16N4O2/c15-17-13-11-4-2-1-3-10(11)9-12(16-13)14(19)18-5-7-20-8-6-18/h1-4,9H,5-8,15H2,(H,16,17). The average molecular weight is 272 g/mol. The van der Waals surface area contributed by atoms with Gasteiger partial charge in [-0.25, -0.2) is 10.8 Å². The number of carbonyl (C=O) groups excluding carboxylic acids is 1. The zero-order chi connectivity index (χ0) is 13.9. The molecule has 1 aliphatic rings. The summed E-state index contributed by atoms with van der Waals surface area (Å²) < 4.78 is 5.25. The van der Waals surface area contributed by atoms with Crippen LogP contribution >= 0.6 is 0 Å². The highest BCUT2D eigenvalue weighted by Gasteiger charge is 2.20. The monoisotopic (exact) mass is 272 g/mol. The molecule has 3 N–H and O–H groups in total. The quantitative estimate of drug-likeness (QED) is 0.629. The van der Waals surface area contributed by atoms with E-state index in [1.807, 2.05) is 24.3 Å². The van der Waals surface area contributed by atoms with Crippen molar-refractivity contribution in [3.05, 3.63) is 36.0 Å². The van der Waals surface area contributed by atoms with Gasteiger partial charge in [0.05, 0.1) is 13.2 Å². The van der Waals surface area contributed by atoms with Gasteiger partial charge in [0.1, 0.15) is 11.5 Å². The number of benzene rings is 1. The van der Waals surface area contributed by atoms with Crippen LogP contribution in [0.1, 0.15) is 10.5 Å². The third kappa shape index (κ3) is 2.31. The number of carbonyl (C=O) groups is 1. The molecule has 0 atom stereocenters. The second-order valence-corrected chi connectivity index (χ2v) is 4.63. The Labute approximate surface area is 116 Å². The van der Waals surface area contributed by atoms with Crippen molar-refractivity contribution in [3.63, 3.8) is 0 Å². The van der Waals surface area contributed by atoms with Gasteiger partial charge in [-0.15, -0.1) is 0 Å². The summed E-state index contributed by atoms with van der Waals surface area (Å²) in [6.07, 6.45) is 0. The predicted octanol–water partition coefficient (Wildman–Crippen LogP) is 0.993. The Hall–Kier alpha value is -2.18. The molecular weight excluding hydrogens is 256 g/mol. The highest BCUT2D eigenvalue weighted by atomic mass is 16.5. The SMILES string of the molecule is NNc1nc(C(=O)N2CCOCC2)cc2ccccc12. The number of amides is 1. The number of nitrogens with one attached hydrogen (secondary N) is 1. The summed E-state index contributed by atoms with van der Waals surface area (Å²) in [6.45, 7) is 2.33. The number of aromatic nitrogens is 1. The smallest absolute Gasteiger partial charge is 0.272 e. The van der Waals surface area contributed by atoms with E-state index in [2.05, 4.69) is 10.4 Å². The maximum absolute atomic E-state index is 12.5. The lowest BCUT2D eigenvalue weighted by Crippen LogP contribution is -2.41. The summed E-state index contributed by atoms with van der Waals surface area (Å²) in [4.78, 5) is 18.5. The van der Waals surface area contributed by atoms with Crippen molar-refractivity contribution in [1.29, 1.82) is 0 Å². The highest BCUT2D eigenvalue weighted by Crippen LogP contribution is 2.22. The minimum absolute atomic E-state index is 0.0875. The summed E-state index contributed by atoms with van der Waals surface area (Å²) in [5.74, 6) is 5.93. The molecule has 0 spiro atoms. The number of nitrogens with two attached hydrogens (primary N) is 1. The Balaban J connectivity index is 2.00. The first-order valence-corrected chi connectivity index (χ1v) is 6.53. The number of nitrogens with zero attached hydrogens (tertiary/aromatic N) is 2. The van der Waals surface area contributed by atoms with Gasteiger partial charge in [-0.1, -0.05) is 24.3 Å². The van der Waals surface area contributed by atoms with E-state index in [1.165, 1.54) is 0 Å². The van der Waals surface area contributed by atoms with Crippen LogP contribution < -0.4 is 11.3 Å². The molecule has 1 saturated heterocycles. The number of morpholine rings is 1. The molecule has 1 fully saturated rings. The molecule has 6 nitrogen and oxygen atoms in total. The number of fused-ring (bicyclic) bond motifs is 1. The molecule has 104 valence electrons. The molecule has 3 rings (SSSR count). The lowest BCUT2D eigenvalue weighted by atomic mass is 10.1. The molecule has 1 aromatic carbocycles. The predicted molar refractivity (Wildman–Crippen MR) is 76.3 cm³/mol. The van der Waals surface area contributed by atoms with Crippen molar-refractivity contribution in [2.45, 2.75) is 0 Å². The zero-order valence-electron chi connectivity index (χ0n) is 11.0. The lowest BCUT2D eigenvalue weighted by Gasteiger charge is -2.26. The zero-order valence-corrected chi connectivity index (χ0v) is 11.0. The van der Waals surface area contributed by atoms with E-state index in [-0.39, 0.29) is 5.91 Å². The molecule has 0 radical (unpaired) electrons. The fourth-order valence-electron chi connectivity index (χ4n) is 2.35. The number of rotatable bonds is 2. The van der Waals surface area contributed by atoms with Crippen molar-refractivity contribution < 1.29 is 9.53 Å². The summed E-state index contributed by atoms with van der Waals surface area (Å²) in [5.41, 5.74) is 2.96. The molecule has 1 amide bonds. The number of anilines is 1. The second kappa shape index (κ2) is 5.44. The van der Waals surface area contributed by atoms with Gasteiger partial charge in [-0.3, -0.25) is 4.79 Å². The number of hydrogen-bond acceptors (Lipinski definition) is 5. The lowest BCUT2D eigenvalue weighted by molar-refractivity contribution is 0.0299. The number of hydrazine groups is 1. The Bertz CT molecular complexity index is 638. The third-order valence-corrected chi connectivity index (χ3v) is 3.39. The van der Waals surface area contributed by atoms with Crippen molar-refractivity contribution in [2.24, 2.45) is 5.84 Å². The average Bonchev–Trinajstić information content (AvgIpc) is 2.54. The van der Waals surface area contributed by atoms with Crippen molar-refractivity contribution in [1.82, 2.24) is 9.88 Å². The molecular formula is C14H16N4O2. The van der Waals surface area contributed by atoms with E-state index in [4.69, 9.17) is 10.6 Å². The second-order valence-electron chi connectivity index (χ2n) is 4.63. The minimum atomic E-state index is -0.0875. The molecule has 0 unspecified atom stereocenters. The Kier molecular flexibility index (Phi) is 3.49. The third-order valence-electron chi connectivity index (χ3n) is 3.39. The van der Waals surface area contributed by atoms with Gasteiger partial charge in [0.15, 0.2) is 0 Å². The summed E-state index contributed by atoms with van der Waals surface area (Å²) in [5, 5.41) is 1.83. The largest absolute Gasteiger partial charge is 0.378 e. The van der Waals surface area contributed by atoms with Gasteiger partial charge in [0.25, 0.3) is 5.91 Å². The Morgan fingerprint density at radius 1 is 1.30 bits per heavy atom. The van der Waals surface area contributed by atoms with Gasteiger partial charge in [0.2, 0.25) is 0 Å². The van der Waals surface area contributed by atoms with Gasteiger partial charge in [0, 0.05) is 18.5 Å². The van der Waals surface area contributed by atoms with E-state index < -0.39 is 0 Å². The normalized spacial score (nSPS) is 15.3. The van der Waals surface area contributed by atoms with E-state index in [9.17, 15) is 4.79 Å². The number of pyridine rings is 1. The van der Waals surface area contributed by atoms with Gasteiger partial charge in [-0.2, -0.15) is 0 Å². The van der Waals surface area contributed by atoms with E-state index in [1.54, 1.807) is 11.0 Å². The van der Waals surface area contributed by atoms with E-state index >= 15 is 0 Å². The fraction of sp³-hybridized carbons (Fsp3) is 0.286. The van der Waals surface area contributed by atoms with Crippen molar-refractivity contribution in [3.8, 4) is 0 Å². The van der Waals surface area contributed by atoms with Crippen LogP contribution in [-0.4, -0.2) is 42.1 Å². The van der Waals surface area contributed by atoms with Crippen molar-refractivity contribution >= 4 is 22.5 Å². The maximum atomic E-state index is 12.5. The van der Waals surface area contributed by atoms with Crippen LogP contribution in [0.2, 0.25) is 0 Å². The molecule has 2 heterocycles. The van der Waals surface area contributed by atoms with Crippen LogP contribution in [0, 0.1) is 0 Å². The Morgan fingerprint density at radius 2 is 2.05 bits per heavy atom. The number of hydrogen-bond donors (Lipinski definition) is 2. The van der Waals surface area contributed by atoms with Crippen LogP contribution in [0.15, 0.2) is 30.3 Å². The maximum Gasteiger partial charge on any atom is 0.272 e. The summed E-state index contributed by atoms with van der Waals surface area (Å²) in [6, 6.07) is 9.49. The van der Waals surface area contributed by atoms with Crippen LogP contribution in [-0.2, 0) is 4.74 Å². The molecule has 20 heavy (non-hydrogen) atoms. The Morgan fingerprint density at radius 3 is 2.80 bits per heavy atom. The summed E-state index contributed by atoms with van der Waals surface area (Å²) in [7, 11) is 0. The first-order chi connectivity index (χ1) is 9.79. The van der Waals surface area contributed by atoms with Crippen LogP contribution in [0.5, 0.6) is 0 Å². The molecule has 1 aromatic heterocycles. The van der Waals surface area contributed by atoms with Crippen LogP contribution in [0.3, 0.4) is 0 Å². The molecule has 0 bridgehead atoms. The number of ether oxygens (including phenoxy) is 1. The topological polar surface area (TPSA) is 80.5 Å². The summed E-state index contributed by atoms with van der Waals surface area (Å²) >= 11 is 0. The van der Waals surface area contributed by atoms with Gasteiger partial charge in [-0.05, 0) is 11.5 Å². The number of nitrogen functional groups attached to an aromatic ring is 1. The van der Waals surface area contributed by atoms with E-state index in [0.717, 1.165) is 10.8 Å².